The molecule has 1 aromatic rings. The fourth-order valence-corrected chi connectivity index (χ4v) is 1.30. The summed E-state index contributed by atoms with van der Waals surface area (Å²) >= 11 is 0. The first kappa shape index (κ1) is 12.0. The summed E-state index contributed by atoms with van der Waals surface area (Å²) in [6, 6.07) is 4.20. The molecule has 0 saturated heterocycles. The van der Waals surface area contributed by atoms with Crippen LogP contribution >= 0.6 is 0 Å². The van der Waals surface area contributed by atoms with E-state index < -0.39 is 6.10 Å². The van der Waals surface area contributed by atoms with Gasteiger partial charge in [-0.15, -0.1) is 0 Å². The average Bonchev–Trinajstić information content (AvgIpc) is 2.18. The van der Waals surface area contributed by atoms with Crippen LogP contribution in [0.25, 0.3) is 0 Å². The lowest BCUT2D eigenvalue weighted by molar-refractivity contribution is 0.190. The highest BCUT2D eigenvalue weighted by Gasteiger charge is 2.09. The number of rotatable bonds is 5. The van der Waals surface area contributed by atoms with Crippen LogP contribution in [-0.4, -0.2) is 11.7 Å². The SMILES string of the molecule is CCCCOc1cc(F)ccc1[C@H](C)O. The Balaban J connectivity index is 2.77. The minimum Gasteiger partial charge on any atom is -0.493 e. The fraction of sp³-hybridized carbons (Fsp3) is 0.500. The van der Waals surface area contributed by atoms with Gasteiger partial charge in [-0.2, -0.15) is 0 Å². The van der Waals surface area contributed by atoms with Crippen LogP contribution in [0.3, 0.4) is 0 Å². The molecule has 0 radical (unpaired) electrons. The van der Waals surface area contributed by atoms with Gasteiger partial charge in [0.2, 0.25) is 0 Å². The summed E-state index contributed by atoms with van der Waals surface area (Å²) in [5.74, 6) is 0.101. The molecule has 0 aromatic heterocycles. The molecule has 0 heterocycles. The van der Waals surface area contributed by atoms with Crippen LogP contribution < -0.4 is 4.74 Å². The van der Waals surface area contributed by atoms with E-state index in [2.05, 4.69) is 6.92 Å². The van der Waals surface area contributed by atoms with Crippen molar-refractivity contribution in [2.24, 2.45) is 0 Å². The third-order valence-corrected chi connectivity index (χ3v) is 2.18. The summed E-state index contributed by atoms with van der Waals surface area (Å²) in [5, 5.41) is 9.45. The first-order valence-electron chi connectivity index (χ1n) is 5.25. The van der Waals surface area contributed by atoms with E-state index in [0.29, 0.717) is 17.9 Å². The van der Waals surface area contributed by atoms with Crippen molar-refractivity contribution >= 4 is 0 Å². The fourth-order valence-electron chi connectivity index (χ4n) is 1.30. The van der Waals surface area contributed by atoms with Crippen molar-refractivity contribution in [2.75, 3.05) is 6.61 Å². The Morgan fingerprint density at radius 3 is 2.80 bits per heavy atom. The number of halogens is 1. The van der Waals surface area contributed by atoms with Crippen molar-refractivity contribution in [2.45, 2.75) is 32.8 Å². The van der Waals surface area contributed by atoms with Crippen LogP contribution in [0.5, 0.6) is 5.75 Å². The van der Waals surface area contributed by atoms with E-state index in [4.69, 9.17) is 4.74 Å². The maximum Gasteiger partial charge on any atom is 0.127 e. The van der Waals surface area contributed by atoms with Gasteiger partial charge in [-0.3, -0.25) is 0 Å². The molecular formula is C12H17FO2. The van der Waals surface area contributed by atoms with Gasteiger partial charge in [0.15, 0.2) is 0 Å². The van der Waals surface area contributed by atoms with Gasteiger partial charge in [-0.05, 0) is 25.5 Å². The lowest BCUT2D eigenvalue weighted by atomic mass is 10.1. The standard InChI is InChI=1S/C12H17FO2/c1-3-4-7-15-12-8-10(13)5-6-11(12)9(2)14/h5-6,8-9,14H,3-4,7H2,1-2H3/t9-/m0/s1. The van der Waals surface area contributed by atoms with Crippen LogP contribution in [0.1, 0.15) is 38.4 Å². The van der Waals surface area contributed by atoms with E-state index in [9.17, 15) is 9.50 Å². The molecule has 0 amide bonds. The van der Waals surface area contributed by atoms with Crippen LogP contribution in [0.2, 0.25) is 0 Å². The Labute approximate surface area is 89.7 Å². The Morgan fingerprint density at radius 1 is 1.47 bits per heavy atom. The van der Waals surface area contributed by atoms with Crippen molar-refractivity contribution in [1.29, 1.82) is 0 Å². The normalized spacial score (nSPS) is 12.5. The highest BCUT2D eigenvalue weighted by Crippen LogP contribution is 2.26. The number of hydrogen-bond acceptors (Lipinski definition) is 2. The summed E-state index contributed by atoms with van der Waals surface area (Å²) < 4.78 is 18.4. The largest absolute Gasteiger partial charge is 0.493 e. The van der Waals surface area contributed by atoms with Gasteiger partial charge in [0.1, 0.15) is 11.6 Å². The van der Waals surface area contributed by atoms with Gasteiger partial charge in [0.05, 0.1) is 12.7 Å². The van der Waals surface area contributed by atoms with E-state index >= 15 is 0 Å². The van der Waals surface area contributed by atoms with Gasteiger partial charge in [-0.25, -0.2) is 4.39 Å². The van der Waals surface area contributed by atoms with Crippen LogP contribution in [0.4, 0.5) is 4.39 Å². The zero-order valence-corrected chi connectivity index (χ0v) is 9.16. The van der Waals surface area contributed by atoms with Crippen LogP contribution in [-0.2, 0) is 0 Å². The third-order valence-electron chi connectivity index (χ3n) is 2.18. The van der Waals surface area contributed by atoms with Crippen LogP contribution in [0, 0.1) is 5.82 Å². The number of ether oxygens (including phenoxy) is 1. The first-order valence-corrected chi connectivity index (χ1v) is 5.25. The number of hydrogen-bond donors (Lipinski definition) is 1. The van der Waals surface area contributed by atoms with E-state index in [1.807, 2.05) is 0 Å². The molecule has 15 heavy (non-hydrogen) atoms. The molecule has 0 aliphatic carbocycles. The maximum atomic E-state index is 13.0. The number of aliphatic hydroxyl groups excluding tert-OH is 1. The van der Waals surface area contributed by atoms with Gasteiger partial charge in [-0.1, -0.05) is 13.3 Å². The predicted molar refractivity (Wildman–Crippen MR) is 57.4 cm³/mol. The Bertz CT molecular complexity index is 310. The van der Waals surface area contributed by atoms with Crippen molar-refractivity contribution in [3.63, 3.8) is 0 Å². The molecule has 0 bridgehead atoms. The summed E-state index contributed by atoms with van der Waals surface area (Å²) in [4.78, 5) is 0. The second-order valence-corrected chi connectivity index (χ2v) is 3.56. The summed E-state index contributed by atoms with van der Waals surface area (Å²) in [6.07, 6.45) is 1.32. The number of aliphatic hydroxyl groups is 1. The molecular weight excluding hydrogens is 195 g/mol. The quantitative estimate of drug-likeness (QED) is 0.760. The van der Waals surface area contributed by atoms with E-state index in [0.717, 1.165) is 12.8 Å². The molecule has 1 N–H and O–H groups in total. The molecule has 0 saturated carbocycles. The number of unbranched alkanes of at least 4 members (excludes halogenated alkanes) is 1. The molecule has 3 heteroatoms. The minimum absolute atomic E-state index is 0.342. The second-order valence-electron chi connectivity index (χ2n) is 3.56. The monoisotopic (exact) mass is 212 g/mol. The van der Waals surface area contributed by atoms with Gasteiger partial charge >= 0.3 is 0 Å². The molecule has 0 spiro atoms. The van der Waals surface area contributed by atoms with Gasteiger partial charge < -0.3 is 9.84 Å². The molecule has 1 aromatic carbocycles. The van der Waals surface area contributed by atoms with Gasteiger partial charge in [0.25, 0.3) is 0 Å². The summed E-state index contributed by atoms with van der Waals surface area (Å²) in [5.41, 5.74) is 0.632. The topological polar surface area (TPSA) is 29.5 Å². The summed E-state index contributed by atoms with van der Waals surface area (Å²) in [7, 11) is 0. The van der Waals surface area contributed by atoms with E-state index in [1.165, 1.54) is 12.1 Å². The zero-order valence-electron chi connectivity index (χ0n) is 9.16. The Hall–Kier alpha value is -1.09. The van der Waals surface area contributed by atoms with E-state index in [1.54, 1.807) is 13.0 Å². The molecule has 84 valence electrons. The highest BCUT2D eigenvalue weighted by molar-refractivity contribution is 5.35. The number of benzene rings is 1. The molecule has 1 atom stereocenters. The van der Waals surface area contributed by atoms with Crippen molar-refractivity contribution in [3.05, 3.63) is 29.6 Å². The molecule has 0 fully saturated rings. The molecule has 0 unspecified atom stereocenters. The smallest absolute Gasteiger partial charge is 0.127 e. The average molecular weight is 212 g/mol. The lowest BCUT2D eigenvalue weighted by Gasteiger charge is -2.13. The Kier molecular flexibility index (Phi) is 4.56. The van der Waals surface area contributed by atoms with E-state index in [-0.39, 0.29) is 5.82 Å². The Morgan fingerprint density at radius 2 is 2.20 bits per heavy atom. The van der Waals surface area contributed by atoms with Crippen molar-refractivity contribution in [1.82, 2.24) is 0 Å². The predicted octanol–water partition coefficient (Wildman–Crippen LogP) is 3.06. The molecule has 0 aliphatic heterocycles. The molecule has 1 rings (SSSR count). The molecule has 0 aliphatic rings. The van der Waals surface area contributed by atoms with Crippen molar-refractivity contribution in [3.8, 4) is 5.75 Å². The van der Waals surface area contributed by atoms with Crippen molar-refractivity contribution < 1.29 is 14.2 Å². The van der Waals surface area contributed by atoms with Crippen LogP contribution in [0.15, 0.2) is 18.2 Å². The first-order chi connectivity index (χ1) is 7.15. The minimum atomic E-state index is -0.637. The zero-order chi connectivity index (χ0) is 11.3. The lowest BCUT2D eigenvalue weighted by Crippen LogP contribution is -2.02. The maximum absolute atomic E-state index is 13.0. The second kappa shape index (κ2) is 5.71. The third kappa shape index (κ3) is 3.51. The highest BCUT2D eigenvalue weighted by atomic mass is 19.1. The molecule has 2 nitrogen and oxygen atoms in total. The summed E-state index contributed by atoms with van der Waals surface area (Å²) in [6.45, 7) is 4.25. The van der Waals surface area contributed by atoms with Gasteiger partial charge in [0, 0.05) is 11.6 Å².